The number of carbonyl (C=O) groups excluding carboxylic acids is 1. The quantitative estimate of drug-likeness (QED) is 0.708. The monoisotopic (exact) mass is 381 g/mol. The molecule has 0 saturated carbocycles. The summed E-state index contributed by atoms with van der Waals surface area (Å²) in [6.45, 7) is 4.69. The summed E-state index contributed by atoms with van der Waals surface area (Å²) < 4.78 is 5.72. The highest BCUT2D eigenvalue weighted by Gasteiger charge is 2.24. The van der Waals surface area contributed by atoms with Gasteiger partial charge >= 0.3 is 0 Å². The van der Waals surface area contributed by atoms with Crippen LogP contribution in [0.1, 0.15) is 23.4 Å². The molecule has 0 radical (unpaired) electrons. The van der Waals surface area contributed by atoms with Crippen LogP contribution in [0.15, 0.2) is 52.3 Å². The van der Waals surface area contributed by atoms with Crippen LogP contribution in [0, 0.1) is 6.92 Å². The minimum Gasteiger partial charge on any atom is -0.440 e. The summed E-state index contributed by atoms with van der Waals surface area (Å²) in [6.07, 6.45) is 1.24. The summed E-state index contributed by atoms with van der Waals surface area (Å²) in [7, 11) is 0. The van der Waals surface area contributed by atoms with Crippen LogP contribution in [0.2, 0.25) is 0 Å². The molecule has 27 heavy (non-hydrogen) atoms. The van der Waals surface area contributed by atoms with Gasteiger partial charge in [0.05, 0.1) is 17.0 Å². The highest BCUT2D eigenvalue weighted by Crippen LogP contribution is 2.26. The number of benzene rings is 1. The molecule has 3 aromatic rings. The third kappa shape index (κ3) is 4.46. The van der Waals surface area contributed by atoms with E-state index in [1.807, 2.05) is 30.5 Å². The summed E-state index contributed by atoms with van der Waals surface area (Å²) in [5, 5.41) is 5.14. The number of hydrogen-bond acceptors (Lipinski definition) is 5. The number of nitrogens with one attached hydrogen (secondary N) is 1. The van der Waals surface area contributed by atoms with E-state index in [2.05, 4.69) is 39.5 Å². The molecule has 1 aliphatic heterocycles. The molecule has 1 atom stereocenters. The van der Waals surface area contributed by atoms with Gasteiger partial charge < -0.3 is 9.73 Å². The van der Waals surface area contributed by atoms with E-state index in [1.165, 1.54) is 5.56 Å². The molecule has 0 aliphatic carbocycles. The molecule has 1 saturated heterocycles. The lowest BCUT2D eigenvalue weighted by Crippen LogP contribution is -2.38. The molecule has 1 unspecified atom stereocenters. The molecular formula is C21H23N3O2S. The number of likely N-dealkylation sites (tertiary alicyclic amines) is 1. The van der Waals surface area contributed by atoms with Crippen LogP contribution in [-0.2, 0) is 17.8 Å². The Morgan fingerprint density at radius 3 is 2.93 bits per heavy atom. The van der Waals surface area contributed by atoms with Crippen molar-refractivity contribution in [1.82, 2.24) is 15.2 Å². The number of hydrogen-bond donors (Lipinski definition) is 1. The molecular weight excluding hydrogens is 358 g/mol. The zero-order valence-corrected chi connectivity index (χ0v) is 16.2. The van der Waals surface area contributed by atoms with E-state index >= 15 is 0 Å². The number of aryl methyl sites for hydroxylation is 1. The Balaban J connectivity index is 1.30. The molecule has 0 bridgehead atoms. The first kappa shape index (κ1) is 17.9. The minimum absolute atomic E-state index is 0.00990. The van der Waals surface area contributed by atoms with E-state index in [0.29, 0.717) is 11.7 Å². The van der Waals surface area contributed by atoms with Crippen molar-refractivity contribution in [3.8, 4) is 10.8 Å². The zero-order chi connectivity index (χ0) is 18.6. The van der Waals surface area contributed by atoms with Crippen molar-refractivity contribution in [2.45, 2.75) is 32.4 Å². The molecule has 3 heterocycles. The van der Waals surface area contributed by atoms with Crippen LogP contribution in [-0.4, -0.2) is 34.9 Å². The average molecular weight is 382 g/mol. The predicted octanol–water partition coefficient (Wildman–Crippen LogP) is 3.64. The summed E-state index contributed by atoms with van der Waals surface area (Å²) in [6, 6.07) is 14.6. The standard InChI is InChI=1S/C21H23N3O2S/c1-15-18(23-21(26-15)19-8-5-11-27-19)12-20(25)22-17-9-10-24(14-17)13-16-6-3-2-4-7-16/h2-8,11,17H,9-10,12-14H2,1H3,(H,22,25). The number of amides is 1. The highest BCUT2D eigenvalue weighted by molar-refractivity contribution is 7.13. The molecule has 1 aromatic carbocycles. The molecule has 1 amide bonds. The fourth-order valence-corrected chi connectivity index (χ4v) is 4.11. The highest BCUT2D eigenvalue weighted by atomic mass is 32.1. The Morgan fingerprint density at radius 2 is 2.15 bits per heavy atom. The van der Waals surface area contributed by atoms with Crippen LogP contribution < -0.4 is 5.32 Å². The fraction of sp³-hybridized carbons (Fsp3) is 0.333. The Bertz CT molecular complexity index is 890. The van der Waals surface area contributed by atoms with Gasteiger partial charge in [-0.05, 0) is 30.4 Å². The van der Waals surface area contributed by atoms with Gasteiger partial charge in [-0.15, -0.1) is 11.3 Å². The largest absolute Gasteiger partial charge is 0.440 e. The Hall–Kier alpha value is -2.44. The summed E-state index contributed by atoms with van der Waals surface area (Å²) >= 11 is 1.58. The number of nitrogens with zero attached hydrogens (tertiary/aromatic N) is 2. The van der Waals surface area contributed by atoms with Crippen molar-refractivity contribution in [1.29, 1.82) is 0 Å². The Morgan fingerprint density at radius 1 is 1.30 bits per heavy atom. The maximum absolute atomic E-state index is 12.5. The number of oxazole rings is 1. The molecule has 1 N–H and O–H groups in total. The summed E-state index contributed by atoms with van der Waals surface area (Å²) in [4.78, 5) is 20.4. The second-order valence-corrected chi connectivity index (χ2v) is 7.90. The van der Waals surface area contributed by atoms with E-state index in [1.54, 1.807) is 11.3 Å². The molecule has 5 nitrogen and oxygen atoms in total. The second kappa shape index (κ2) is 8.06. The van der Waals surface area contributed by atoms with Crippen molar-refractivity contribution in [2.24, 2.45) is 0 Å². The lowest BCUT2D eigenvalue weighted by atomic mass is 10.2. The maximum atomic E-state index is 12.5. The van der Waals surface area contributed by atoms with Crippen LogP contribution >= 0.6 is 11.3 Å². The van der Waals surface area contributed by atoms with Crippen LogP contribution in [0.5, 0.6) is 0 Å². The van der Waals surface area contributed by atoms with Crippen molar-refractivity contribution >= 4 is 17.2 Å². The van der Waals surface area contributed by atoms with Crippen LogP contribution in [0.25, 0.3) is 10.8 Å². The fourth-order valence-electron chi connectivity index (χ4n) is 3.46. The van der Waals surface area contributed by atoms with Crippen molar-refractivity contribution in [2.75, 3.05) is 13.1 Å². The van der Waals surface area contributed by atoms with Gasteiger partial charge in [0.1, 0.15) is 5.76 Å². The van der Waals surface area contributed by atoms with Crippen LogP contribution in [0.3, 0.4) is 0 Å². The molecule has 1 fully saturated rings. The van der Waals surface area contributed by atoms with E-state index in [-0.39, 0.29) is 18.4 Å². The van der Waals surface area contributed by atoms with E-state index in [0.717, 1.165) is 36.6 Å². The minimum atomic E-state index is 0.00990. The van der Waals surface area contributed by atoms with E-state index < -0.39 is 0 Å². The van der Waals surface area contributed by atoms with Gasteiger partial charge in [0.25, 0.3) is 0 Å². The maximum Gasteiger partial charge on any atom is 0.236 e. The predicted molar refractivity (Wildman–Crippen MR) is 107 cm³/mol. The Labute approximate surface area is 163 Å². The van der Waals surface area contributed by atoms with Gasteiger partial charge in [-0.1, -0.05) is 36.4 Å². The number of aromatic nitrogens is 1. The SMILES string of the molecule is Cc1oc(-c2cccs2)nc1CC(=O)NC1CCN(Cc2ccccc2)C1. The van der Waals surface area contributed by atoms with Crippen molar-refractivity contribution in [3.05, 3.63) is 64.9 Å². The molecule has 140 valence electrons. The zero-order valence-electron chi connectivity index (χ0n) is 15.4. The van der Waals surface area contributed by atoms with Crippen molar-refractivity contribution in [3.63, 3.8) is 0 Å². The van der Waals surface area contributed by atoms with Gasteiger partial charge in [-0.25, -0.2) is 4.98 Å². The smallest absolute Gasteiger partial charge is 0.236 e. The number of thiophene rings is 1. The van der Waals surface area contributed by atoms with Gasteiger partial charge in [0.2, 0.25) is 11.8 Å². The number of carbonyl (C=O) groups is 1. The topological polar surface area (TPSA) is 58.4 Å². The molecule has 4 rings (SSSR count). The third-order valence-corrected chi connectivity index (χ3v) is 5.70. The normalized spacial score (nSPS) is 17.3. The molecule has 2 aromatic heterocycles. The van der Waals surface area contributed by atoms with Gasteiger partial charge in [-0.2, -0.15) is 0 Å². The van der Waals surface area contributed by atoms with Gasteiger partial charge in [0.15, 0.2) is 0 Å². The Kier molecular flexibility index (Phi) is 5.36. The van der Waals surface area contributed by atoms with Gasteiger partial charge in [0, 0.05) is 25.7 Å². The lowest BCUT2D eigenvalue weighted by molar-refractivity contribution is -0.121. The van der Waals surface area contributed by atoms with E-state index in [9.17, 15) is 4.79 Å². The third-order valence-electron chi connectivity index (χ3n) is 4.84. The first-order valence-electron chi connectivity index (χ1n) is 9.23. The first-order chi connectivity index (χ1) is 13.2. The molecule has 6 heteroatoms. The van der Waals surface area contributed by atoms with Crippen molar-refractivity contribution < 1.29 is 9.21 Å². The summed E-state index contributed by atoms with van der Waals surface area (Å²) in [5.41, 5.74) is 2.03. The molecule has 1 aliphatic rings. The van der Waals surface area contributed by atoms with Crippen LogP contribution in [0.4, 0.5) is 0 Å². The van der Waals surface area contributed by atoms with E-state index in [4.69, 9.17) is 4.42 Å². The molecule has 0 spiro atoms. The average Bonchev–Trinajstić information content (AvgIpc) is 3.39. The second-order valence-electron chi connectivity index (χ2n) is 6.95. The first-order valence-corrected chi connectivity index (χ1v) is 10.1. The van der Waals surface area contributed by atoms with Gasteiger partial charge in [-0.3, -0.25) is 9.69 Å². The number of rotatable bonds is 6. The lowest BCUT2D eigenvalue weighted by Gasteiger charge is -2.16. The summed E-state index contributed by atoms with van der Waals surface area (Å²) in [5.74, 6) is 1.32.